The maximum atomic E-state index is 7.23. The molecule has 64 valence electrons. The third-order valence-electron chi connectivity index (χ3n) is 1.45. The number of methoxy groups -OCH3 is 1. The smallest absolute Gasteiger partial charge is 0.130 e. The highest BCUT2D eigenvalue weighted by atomic mass is 79.9. The molecule has 0 radical (unpaired) electrons. The van der Waals surface area contributed by atoms with Gasteiger partial charge in [0, 0.05) is 4.47 Å². The molecule has 0 saturated heterocycles. The Hall–Kier alpha value is -1.03. The Balaban J connectivity index is 3.20. The first kappa shape index (κ1) is 9.06. The summed E-state index contributed by atoms with van der Waals surface area (Å²) in [4.78, 5) is 0. The molecule has 3 nitrogen and oxygen atoms in total. The van der Waals surface area contributed by atoms with E-state index in [4.69, 9.17) is 15.9 Å². The zero-order chi connectivity index (χ0) is 9.14. The molecular formula is C8H9BrN2O. The second-order valence-corrected chi connectivity index (χ2v) is 3.17. The molecule has 0 bridgehead atoms. The fourth-order valence-electron chi connectivity index (χ4n) is 0.888. The second-order valence-electron chi connectivity index (χ2n) is 2.26. The van der Waals surface area contributed by atoms with E-state index in [0.29, 0.717) is 11.3 Å². The van der Waals surface area contributed by atoms with E-state index in [1.165, 1.54) is 0 Å². The predicted molar refractivity (Wildman–Crippen MR) is 51.7 cm³/mol. The molecular weight excluding hydrogens is 220 g/mol. The number of benzene rings is 1. The van der Waals surface area contributed by atoms with Gasteiger partial charge < -0.3 is 10.5 Å². The minimum atomic E-state index is 0.0133. The summed E-state index contributed by atoms with van der Waals surface area (Å²) in [5.41, 5.74) is 5.94. The van der Waals surface area contributed by atoms with E-state index in [9.17, 15) is 0 Å². The van der Waals surface area contributed by atoms with Crippen LogP contribution in [0.4, 0.5) is 0 Å². The van der Waals surface area contributed by atoms with Crippen LogP contribution >= 0.6 is 15.9 Å². The van der Waals surface area contributed by atoms with Gasteiger partial charge in [-0.25, -0.2) is 0 Å². The highest BCUT2D eigenvalue weighted by Crippen LogP contribution is 2.22. The van der Waals surface area contributed by atoms with Crippen molar-refractivity contribution in [3.63, 3.8) is 0 Å². The number of ether oxygens (including phenoxy) is 1. The van der Waals surface area contributed by atoms with Crippen molar-refractivity contribution < 1.29 is 4.74 Å². The first-order chi connectivity index (χ1) is 5.65. The lowest BCUT2D eigenvalue weighted by Crippen LogP contribution is -2.12. The third-order valence-corrected chi connectivity index (χ3v) is 1.95. The van der Waals surface area contributed by atoms with Crippen molar-refractivity contribution in [1.82, 2.24) is 0 Å². The minimum absolute atomic E-state index is 0.0133. The number of amidine groups is 1. The van der Waals surface area contributed by atoms with Crippen molar-refractivity contribution in [3.8, 4) is 5.75 Å². The topological polar surface area (TPSA) is 59.1 Å². The van der Waals surface area contributed by atoms with Crippen molar-refractivity contribution in [1.29, 1.82) is 5.41 Å². The van der Waals surface area contributed by atoms with E-state index in [1.54, 1.807) is 19.2 Å². The van der Waals surface area contributed by atoms with Gasteiger partial charge in [0.25, 0.3) is 0 Å². The maximum absolute atomic E-state index is 7.23. The van der Waals surface area contributed by atoms with Gasteiger partial charge in [-0.3, -0.25) is 5.41 Å². The van der Waals surface area contributed by atoms with Crippen LogP contribution in [0.1, 0.15) is 5.56 Å². The molecule has 0 aliphatic heterocycles. The first-order valence-electron chi connectivity index (χ1n) is 3.33. The molecule has 0 saturated carbocycles. The lowest BCUT2D eigenvalue weighted by Gasteiger charge is -2.06. The normalized spacial score (nSPS) is 9.50. The van der Waals surface area contributed by atoms with Gasteiger partial charge in [0.05, 0.1) is 12.7 Å². The molecule has 0 heterocycles. The molecule has 0 aromatic heterocycles. The van der Waals surface area contributed by atoms with Crippen LogP contribution in [0.2, 0.25) is 0 Å². The average Bonchev–Trinajstić information content (AvgIpc) is 2.03. The Labute approximate surface area is 79.2 Å². The van der Waals surface area contributed by atoms with Crippen molar-refractivity contribution in [2.75, 3.05) is 7.11 Å². The summed E-state index contributed by atoms with van der Waals surface area (Å²) in [6.45, 7) is 0. The lowest BCUT2D eigenvalue weighted by molar-refractivity contribution is 0.413. The SMILES string of the molecule is COc1cc(Br)ccc1C(=N)N. The fourth-order valence-corrected chi connectivity index (χ4v) is 1.23. The summed E-state index contributed by atoms with van der Waals surface area (Å²) in [6.07, 6.45) is 0. The van der Waals surface area contributed by atoms with E-state index >= 15 is 0 Å². The first-order valence-corrected chi connectivity index (χ1v) is 4.12. The van der Waals surface area contributed by atoms with Crippen LogP contribution < -0.4 is 10.5 Å². The molecule has 0 fully saturated rings. The molecule has 3 N–H and O–H groups in total. The summed E-state index contributed by atoms with van der Waals surface area (Å²) in [5.74, 6) is 0.622. The van der Waals surface area contributed by atoms with Crippen LogP contribution in [-0.2, 0) is 0 Å². The monoisotopic (exact) mass is 228 g/mol. The number of nitrogens with two attached hydrogens (primary N) is 1. The summed E-state index contributed by atoms with van der Waals surface area (Å²) < 4.78 is 5.94. The molecule has 1 aromatic rings. The zero-order valence-corrected chi connectivity index (χ0v) is 8.18. The zero-order valence-electron chi connectivity index (χ0n) is 6.60. The minimum Gasteiger partial charge on any atom is -0.496 e. The van der Waals surface area contributed by atoms with Gasteiger partial charge in [-0.15, -0.1) is 0 Å². The molecule has 0 aliphatic carbocycles. The highest BCUT2D eigenvalue weighted by Gasteiger charge is 2.04. The fraction of sp³-hybridized carbons (Fsp3) is 0.125. The van der Waals surface area contributed by atoms with Gasteiger partial charge >= 0.3 is 0 Å². The van der Waals surface area contributed by atoms with Gasteiger partial charge in [-0.1, -0.05) is 15.9 Å². The largest absolute Gasteiger partial charge is 0.496 e. The van der Waals surface area contributed by atoms with E-state index in [-0.39, 0.29) is 5.84 Å². The van der Waals surface area contributed by atoms with E-state index in [0.717, 1.165) is 4.47 Å². The predicted octanol–water partition coefficient (Wildman–Crippen LogP) is 1.74. The standard InChI is InChI=1S/C8H9BrN2O/c1-12-7-4-5(9)2-3-6(7)8(10)11/h2-4H,1H3,(H3,10,11). The van der Waals surface area contributed by atoms with Crippen LogP contribution in [0.15, 0.2) is 22.7 Å². The third kappa shape index (κ3) is 1.76. The number of rotatable bonds is 2. The van der Waals surface area contributed by atoms with Gasteiger partial charge in [0.15, 0.2) is 0 Å². The van der Waals surface area contributed by atoms with Crippen LogP contribution in [0.3, 0.4) is 0 Å². The van der Waals surface area contributed by atoms with Crippen LogP contribution in [0, 0.1) is 5.41 Å². The highest BCUT2D eigenvalue weighted by molar-refractivity contribution is 9.10. The van der Waals surface area contributed by atoms with Gasteiger partial charge in [-0.2, -0.15) is 0 Å². The van der Waals surface area contributed by atoms with Crippen molar-refractivity contribution in [2.24, 2.45) is 5.73 Å². The van der Waals surface area contributed by atoms with Crippen molar-refractivity contribution in [3.05, 3.63) is 28.2 Å². The quantitative estimate of drug-likeness (QED) is 0.599. The van der Waals surface area contributed by atoms with Gasteiger partial charge in [0.1, 0.15) is 11.6 Å². The number of hydrogen-bond acceptors (Lipinski definition) is 2. The summed E-state index contributed by atoms with van der Waals surface area (Å²) in [7, 11) is 1.55. The Morgan fingerprint density at radius 2 is 2.25 bits per heavy atom. The van der Waals surface area contributed by atoms with Crippen LogP contribution in [-0.4, -0.2) is 12.9 Å². The Kier molecular flexibility index (Phi) is 2.70. The van der Waals surface area contributed by atoms with Crippen molar-refractivity contribution in [2.45, 2.75) is 0 Å². The molecule has 1 aromatic carbocycles. The summed E-state index contributed by atoms with van der Waals surface area (Å²) in [6, 6.07) is 5.33. The van der Waals surface area contributed by atoms with Crippen LogP contribution in [0.5, 0.6) is 5.75 Å². The molecule has 0 aliphatic rings. The molecule has 0 atom stereocenters. The number of halogens is 1. The number of nitrogen functional groups attached to an aromatic ring is 1. The molecule has 12 heavy (non-hydrogen) atoms. The molecule has 1 rings (SSSR count). The van der Waals surface area contributed by atoms with E-state index < -0.39 is 0 Å². The average molecular weight is 229 g/mol. The second kappa shape index (κ2) is 3.58. The Morgan fingerprint density at radius 1 is 1.58 bits per heavy atom. The summed E-state index contributed by atoms with van der Waals surface area (Å²) >= 11 is 3.29. The molecule has 0 amide bonds. The van der Waals surface area contributed by atoms with Gasteiger partial charge in [-0.05, 0) is 18.2 Å². The Morgan fingerprint density at radius 3 is 2.75 bits per heavy atom. The summed E-state index contributed by atoms with van der Waals surface area (Å²) in [5, 5.41) is 7.23. The van der Waals surface area contributed by atoms with Crippen molar-refractivity contribution >= 4 is 21.8 Å². The molecule has 4 heteroatoms. The maximum Gasteiger partial charge on any atom is 0.130 e. The van der Waals surface area contributed by atoms with E-state index in [1.807, 2.05) is 6.07 Å². The Bertz CT molecular complexity index is 312. The number of nitrogens with one attached hydrogen (secondary N) is 1. The lowest BCUT2D eigenvalue weighted by atomic mass is 10.2. The van der Waals surface area contributed by atoms with E-state index in [2.05, 4.69) is 15.9 Å². The number of hydrogen-bond donors (Lipinski definition) is 2. The van der Waals surface area contributed by atoms with Crippen LogP contribution in [0.25, 0.3) is 0 Å². The molecule has 0 unspecified atom stereocenters. The van der Waals surface area contributed by atoms with Gasteiger partial charge in [0.2, 0.25) is 0 Å². The molecule has 0 spiro atoms.